The van der Waals surface area contributed by atoms with E-state index in [9.17, 15) is 9.59 Å². The average molecular weight is 443 g/mol. The molecule has 0 aliphatic carbocycles. The van der Waals surface area contributed by atoms with Gasteiger partial charge in [-0.15, -0.1) is 0 Å². The van der Waals surface area contributed by atoms with Crippen LogP contribution in [0.4, 0.5) is 0 Å². The van der Waals surface area contributed by atoms with E-state index in [0.29, 0.717) is 21.7 Å². The first kappa shape index (κ1) is 20.0. The van der Waals surface area contributed by atoms with E-state index in [1.165, 1.54) is 6.07 Å². The van der Waals surface area contributed by atoms with Gasteiger partial charge in [0.25, 0.3) is 5.91 Å². The van der Waals surface area contributed by atoms with E-state index >= 15 is 0 Å². The number of aromatic amines is 1. The molecule has 32 heavy (non-hydrogen) atoms. The van der Waals surface area contributed by atoms with E-state index in [1.807, 2.05) is 66.2 Å². The summed E-state index contributed by atoms with van der Waals surface area (Å²) < 4.78 is 1.97. The zero-order valence-electron chi connectivity index (χ0n) is 17.2. The summed E-state index contributed by atoms with van der Waals surface area (Å²) in [6.45, 7) is 0. The molecule has 0 bridgehead atoms. The first-order valence-electron chi connectivity index (χ1n) is 10.1. The van der Waals surface area contributed by atoms with Crippen LogP contribution in [-0.2, 0) is 7.05 Å². The molecule has 5 aromatic rings. The van der Waals surface area contributed by atoms with Crippen molar-refractivity contribution in [2.75, 3.05) is 0 Å². The van der Waals surface area contributed by atoms with Gasteiger partial charge in [0.05, 0.1) is 16.6 Å². The number of H-pyrrole nitrogens is 1. The van der Waals surface area contributed by atoms with Crippen LogP contribution >= 0.6 is 11.6 Å². The highest BCUT2D eigenvalue weighted by Gasteiger charge is 2.24. The van der Waals surface area contributed by atoms with Gasteiger partial charge in [0.1, 0.15) is 11.9 Å². The van der Waals surface area contributed by atoms with Gasteiger partial charge in [-0.25, -0.2) is 4.98 Å². The first-order valence-corrected chi connectivity index (χ1v) is 10.5. The number of nitrogens with one attached hydrogen (secondary N) is 2. The van der Waals surface area contributed by atoms with Gasteiger partial charge in [-0.05, 0) is 35.9 Å². The number of fused-ring (bicyclic) bond motifs is 2. The lowest BCUT2D eigenvalue weighted by atomic mass is 10.0. The fraction of sp³-hybridized carbons (Fsp3) is 0.0800. The number of carbonyl (C=O) groups is 1. The molecule has 1 amide bonds. The lowest BCUT2D eigenvalue weighted by Gasteiger charge is -2.20. The highest BCUT2D eigenvalue weighted by molar-refractivity contribution is 6.31. The number of imidazole rings is 1. The van der Waals surface area contributed by atoms with Crippen molar-refractivity contribution in [3.8, 4) is 0 Å². The second kappa shape index (κ2) is 7.98. The van der Waals surface area contributed by atoms with E-state index < -0.39 is 6.04 Å². The van der Waals surface area contributed by atoms with Crippen molar-refractivity contribution in [1.82, 2.24) is 19.9 Å². The molecule has 1 atom stereocenters. The molecule has 7 heteroatoms. The van der Waals surface area contributed by atoms with Crippen molar-refractivity contribution in [2.45, 2.75) is 6.04 Å². The van der Waals surface area contributed by atoms with Crippen molar-refractivity contribution in [3.05, 3.63) is 111 Å². The minimum atomic E-state index is -0.519. The Morgan fingerprint density at radius 1 is 1.03 bits per heavy atom. The fourth-order valence-corrected chi connectivity index (χ4v) is 4.16. The Kier molecular flexibility index (Phi) is 4.99. The normalized spacial score (nSPS) is 12.2. The minimum Gasteiger partial charge on any atom is -0.338 e. The number of pyridine rings is 1. The summed E-state index contributed by atoms with van der Waals surface area (Å²) in [4.78, 5) is 33.2. The largest absolute Gasteiger partial charge is 0.338 e. The monoisotopic (exact) mass is 442 g/mol. The molecule has 0 fully saturated rings. The molecule has 0 saturated heterocycles. The number of aromatic nitrogens is 3. The average Bonchev–Trinajstić information content (AvgIpc) is 3.14. The predicted octanol–water partition coefficient (Wildman–Crippen LogP) is 4.59. The Hall–Kier alpha value is -3.90. The third-order valence-corrected chi connectivity index (χ3v) is 5.77. The summed E-state index contributed by atoms with van der Waals surface area (Å²) >= 11 is 6.16. The predicted molar refractivity (Wildman–Crippen MR) is 126 cm³/mol. The third-order valence-electron chi connectivity index (χ3n) is 5.54. The fourth-order valence-electron chi connectivity index (χ4n) is 3.99. The van der Waals surface area contributed by atoms with Gasteiger partial charge in [0.2, 0.25) is 5.56 Å². The highest BCUT2D eigenvalue weighted by atomic mass is 35.5. The van der Waals surface area contributed by atoms with Crippen molar-refractivity contribution in [2.24, 2.45) is 7.05 Å². The summed E-state index contributed by atoms with van der Waals surface area (Å²) in [5.74, 6) is 0.308. The van der Waals surface area contributed by atoms with Crippen molar-refractivity contribution >= 4 is 39.4 Å². The van der Waals surface area contributed by atoms with Gasteiger partial charge in [-0.3, -0.25) is 9.59 Å². The highest BCUT2D eigenvalue weighted by Crippen LogP contribution is 2.26. The quantitative estimate of drug-likeness (QED) is 0.427. The van der Waals surface area contributed by atoms with Crippen LogP contribution in [0.15, 0.2) is 83.7 Å². The maximum Gasteiger partial charge on any atom is 0.253 e. The molecule has 0 aliphatic rings. The van der Waals surface area contributed by atoms with Crippen molar-refractivity contribution in [1.29, 1.82) is 0 Å². The van der Waals surface area contributed by atoms with Crippen LogP contribution in [-0.4, -0.2) is 20.4 Å². The number of halogens is 1. The second-order valence-corrected chi connectivity index (χ2v) is 8.01. The van der Waals surface area contributed by atoms with Crippen LogP contribution in [0.2, 0.25) is 5.02 Å². The maximum atomic E-state index is 13.5. The summed E-state index contributed by atoms with van der Waals surface area (Å²) in [6, 6.07) is 23.3. The van der Waals surface area contributed by atoms with Gasteiger partial charge in [-0.2, -0.15) is 0 Å². The molecule has 6 nitrogen and oxygen atoms in total. The van der Waals surface area contributed by atoms with Crippen molar-refractivity contribution in [3.63, 3.8) is 0 Å². The summed E-state index contributed by atoms with van der Waals surface area (Å²) in [6.07, 6.45) is 0. The SMILES string of the molecule is Cn1c(C(NC(=O)c2cc(=O)[nH]c3ccc(Cl)cc23)c2ccccc2)nc2ccccc21. The standard InChI is InChI=1S/C25H19ClN4O2/c1-30-21-10-6-5-9-20(21)28-24(30)23(15-7-3-2-4-8-15)29-25(32)18-14-22(31)27-19-12-11-16(26)13-17(18)19/h2-14,23H,1H3,(H,27,31)(H,29,32). The molecular formula is C25H19ClN4O2. The number of hydrogen-bond acceptors (Lipinski definition) is 3. The Labute approximate surface area is 188 Å². The number of benzene rings is 3. The molecule has 0 aliphatic heterocycles. The Bertz CT molecular complexity index is 1520. The van der Waals surface area contributed by atoms with Gasteiger partial charge in [-0.1, -0.05) is 54.1 Å². The van der Waals surface area contributed by atoms with E-state index in [2.05, 4.69) is 10.3 Å². The van der Waals surface area contributed by atoms with E-state index in [-0.39, 0.29) is 17.0 Å². The van der Waals surface area contributed by atoms with Crippen LogP contribution in [0.25, 0.3) is 21.9 Å². The molecule has 5 rings (SSSR count). The first-order chi connectivity index (χ1) is 15.5. The number of hydrogen-bond donors (Lipinski definition) is 2. The van der Waals surface area contributed by atoms with Gasteiger partial charge >= 0.3 is 0 Å². The molecular weight excluding hydrogens is 424 g/mol. The molecule has 2 N–H and O–H groups in total. The Morgan fingerprint density at radius 3 is 2.56 bits per heavy atom. The molecule has 0 spiro atoms. The molecule has 0 radical (unpaired) electrons. The topological polar surface area (TPSA) is 79.8 Å². The van der Waals surface area contributed by atoms with Gasteiger partial charge in [0.15, 0.2) is 0 Å². The van der Waals surface area contributed by atoms with Crippen molar-refractivity contribution < 1.29 is 4.79 Å². The van der Waals surface area contributed by atoms with Gasteiger partial charge in [0, 0.05) is 29.0 Å². The van der Waals surface area contributed by atoms with Gasteiger partial charge < -0.3 is 14.9 Å². The number of para-hydroxylation sites is 2. The Balaban J connectivity index is 1.63. The number of aryl methyl sites for hydroxylation is 1. The smallest absolute Gasteiger partial charge is 0.253 e. The lowest BCUT2D eigenvalue weighted by Crippen LogP contribution is -2.32. The van der Waals surface area contributed by atoms with Crippen LogP contribution in [0.5, 0.6) is 0 Å². The minimum absolute atomic E-state index is 0.256. The molecule has 1 unspecified atom stereocenters. The summed E-state index contributed by atoms with van der Waals surface area (Å²) in [5, 5.41) is 4.14. The van der Waals surface area contributed by atoms with E-state index in [1.54, 1.807) is 18.2 Å². The zero-order valence-corrected chi connectivity index (χ0v) is 17.9. The Morgan fingerprint density at radius 2 is 1.78 bits per heavy atom. The number of nitrogens with zero attached hydrogens (tertiary/aromatic N) is 2. The molecule has 3 aromatic carbocycles. The third kappa shape index (κ3) is 3.55. The number of rotatable bonds is 4. The summed E-state index contributed by atoms with van der Waals surface area (Å²) in [7, 11) is 1.93. The summed E-state index contributed by atoms with van der Waals surface area (Å²) in [5.41, 5.74) is 3.13. The molecule has 0 saturated carbocycles. The lowest BCUT2D eigenvalue weighted by molar-refractivity contribution is 0.0942. The van der Waals surface area contributed by atoms with Crippen LogP contribution < -0.4 is 10.9 Å². The van der Waals surface area contributed by atoms with E-state index in [4.69, 9.17) is 16.6 Å². The van der Waals surface area contributed by atoms with E-state index in [0.717, 1.165) is 16.6 Å². The molecule has 2 heterocycles. The zero-order chi connectivity index (χ0) is 22.2. The second-order valence-electron chi connectivity index (χ2n) is 7.57. The molecule has 2 aromatic heterocycles. The molecule has 158 valence electrons. The van der Waals surface area contributed by atoms with Crippen LogP contribution in [0.1, 0.15) is 27.8 Å². The van der Waals surface area contributed by atoms with Crippen LogP contribution in [0, 0.1) is 0 Å². The van der Waals surface area contributed by atoms with Crippen LogP contribution in [0.3, 0.4) is 0 Å². The maximum absolute atomic E-state index is 13.5. The number of amides is 1. The number of carbonyl (C=O) groups excluding carboxylic acids is 1.